The van der Waals surface area contributed by atoms with E-state index in [2.05, 4.69) is 4.52 Å². The second-order valence-electron chi connectivity index (χ2n) is 11.2. The van der Waals surface area contributed by atoms with Gasteiger partial charge in [0.1, 0.15) is 17.9 Å². The van der Waals surface area contributed by atoms with E-state index in [0.717, 1.165) is 6.08 Å². The largest absolute Gasteiger partial charge is 1.00 e. The van der Waals surface area contributed by atoms with E-state index in [1.807, 2.05) is 0 Å². The van der Waals surface area contributed by atoms with Gasteiger partial charge in [0.2, 0.25) is 0 Å². The Bertz CT molecular complexity index is 1190. The third kappa shape index (κ3) is 4.88. The smallest absolute Gasteiger partial charge is 0.756 e. The minimum Gasteiger partial charge on any atom is -0.756 e. The number of aliphatic hydroxyl groups is 2. The molecule has 4 aliphatic rings. The van der Waals surface area contributed by atoms with Crippen LogP contribution in [-0.4, -0.2) is 68.9 Å². The molecular formula is C22H30FNa2O11PS. The summed E-state index contributed by atoms with van der Waals surface area (Å²) in [5.74, 6) is -4.36. The van der Waals surface area contributed by atoms with Crippen LogP contribution in [0.5, 0.6) is 0 Å². The number of rotatable bonds is 5. The fraction of sp³-hybridized carbons (Fsp3) is 0.818. The zero-order valence-corrected chi connectivity index (χ0v) is 27.8. The summed E-state index contributed by atoms with van der Waals surface area (Å²) in [6.45, 7) is 3.09. The average molecular weight is 598 g/mol. The van der Waals surface area contributed by atoms with Crippen molar-refractivity contribution >= 4 is 29.5 Å². The van der Waals surface area contributed by atoms with Gasteiger partial charge in [-0.05, 0) is 43.6 Å². The van der Waals surface area contributed by atoms with Gasteiger partial charge in [0.25, 0.3) is 7.82 Å². The first-order valence-electron chi connectivity index (χ1n) is 11.7. The maximum absolute atomic E-state index is 17.4. The van der Waals surface area contributed by atoms with E-state index in [-0.39, 0.29) is 84.0 Å². The molecule has 0 saturated heterocycles. The van der Waals surface area contributed by atoms with Gasteiger partial charge in [0, 0.05) is 23.2 Å². The van der Waals surface area contributed by atoms with Crippen molar-refractivity contribution in [2.75, 3.05) is 6.61 Å². The van der Waals surface area contributed by atoms with Crippen molar-refractivity contribution < 1.29 is 115 Å². The van der Waals surface area contributed by atoms with Crippen molar-refractivity contribution in [3.63, 3.8) is 0 Å². The number of Topliss-reactive ketones (excluding diaryl/α,β-unsaturated/α-hetero) is 1. The predicted molar refractivity (Wildman–Crippen MR) is 118 cm³/mol. The number of alkyl halides is 1. The fourth-order valence-electron chi connectivity index (χ4n) is 8.17. The van der Waals surface area contributed by atoms with Crippen LogP contribution in [-0.2, 0) is 28.8 Å². The molecule has 3 saturated carbocycles. The molecule has 204 valence electrons. The number of hydrogen-bond acceptors (Lipinski definition) is 10. The summed E-state index contributed by atoms with van der Waals surface area (Å²) in [4.78, 5) is 45.2. The Labute approximate surface area is 264 Å². The van der Waals surface area contributed by atoms with E-state index in [4.69, 9.17) is 4.89 Å². The summed E-state index contributed by atoms with van der Waals surface area (Å²) in [7, 11) is -10.4. The Morgan fingerprint density at radius 3 is 2.39 bits per heavy atom. The molecule has 0 bridgehead atoms. The van der Waals surface area contributed by atoms with E-state index in [9.17, 15) is 42.2 Å². The second-order valence-corrected chi connectivity index (χ2v) is 14.0. The summed E-state index contributed by atoms with van der Waals surface area (Å²) in [5, 5.41) is 21.0. The first kappa shape index (κ1) is 35.1. The van der Waals surface area contributed by atoms with E-state index in [1.54, 1.807) is 0 Å². The van der Waals surface area contributed by atoms with Gasteiger partial charge in [-0.15, -0.1) is 0 Å². The fourth-order valence-corrected chi connectivity index (χ4v) is 9.73. The van der Waals surface area contributed by atoms with Gasteiger partial charge in [-0.3, -0.25) is 14.2 Å². The standard InChI is InChI=1S/C22H32FO11PS.2Na/c1-11-6-15-14-5-4-12-7-13(24)8-18(36(31,32)33)20(12,3)21(14,23)16(25)9-19(15,2)22(11,27)17(26)10-34-35(28,29)30;;/h7,11,14-16,18,25,27H,4-6,8-10H2,1-3H3,(H2,28,29,30)(H,31,32,33);;/q;2*+1/p-2/t11-,14+,15+,16+,18?,19+,20-,21+,22+;;/m1../s1. The molecule has 0 aromatic carbocycles. The van der Waals surface area contributed by atoms with Crippen LogP contribution in [0.1, 0.15) is 52.9 Å². The van der Waals surface area contributed by atoms with Crippen molar-refractivity contribution in [3.8, 4) is 0 Å². The van der Waals surface area contributed by atoms with Crippen molar-refractivity contribution in [1.82, 2.24) is 0 Å². The first-order valence-corrected chi connectivity index (χ1v) is 14.7. The normalized spacial score (nSPS) is 45.8. The molecule has 0 radical (unpaired) electrons. The maximum Gasteiger partial charge on any atom is 1.00 e. The third-order valence-corrected chi connectivity index (χ3v) is 11.6. The SMILES string of the molecule is C[C@@H]1C[C@H]2[C@@H]3CCC4=CC(=O)CC(S(=O)(=O)[O-])[C@]4(C)[C@@]3(F)[C@@H](O)C[C@]2(C)[C@@]1(O)C(=O)COP(=O)([O-])O.[Na+].[Na+]. The molecule has 4 rings (SSSR count). The molecule has 0 aromatic heterocycles. The molecule has 38 heavy (non-hydrogen) atoms. The average Bonchev–Trinajstić information content (AvgIpc) is 2.93. The van der Waals surface area contributed by atoms with Crippen molar-refractivity contribution in [2.24, 2.45) is 28.6 Å². The van der Waals surface area contributed by atoms with Crippen molar-refractivity contribution in [3.05, 3.63) is 11.6 Å². The maximum atomic E-state index is 17.4. The van der Waals surface area contributed by atoms with Gasteiger partial charge in [-0.25, -0.2) is 12.8 Å². The Balaban J connectivity index is 0.00000253. The van der Waals surface area contributed by atoms with E-state index < -0.39 is 100 Å². The van der Waals surface area contributed by atoms with Gasteiger partial charge in [0.05, 0.1) is 21.5 Å². The minimum absolute atomic E-state index is 0. The molecule has 0 aliphatic heterocycles. The second kappa shape index (κ2) is 10.9. The van der Waals surface area contributed by atoms with Crippen molar-refractivity contribution in [1.29, 1.82) is 0 Å². The summed E-state index contributed by atoms with van der Waals surface area (Å²) in [6.07, 6.45) is -1.77. The van der Waals surface area contributed by atoms with Gasteiger partial charge in [0.15, 0.2) is 11.6 Å². The van der Waals surface area contributed by atoms with Gasteiger partial charge in [-0.1, -0.05) is 26.3 Å². The number of fused-ring (bicyclic) bond motifs is 5. The molecule has 0 aromatic rings. The van der Waals surface area contributed by atoms with Crippen molar-refractivity contribution in [2.45, 2.75) is 75.5 Å². The quantitative estimate of drug-likeness (QED) is 0.155. The van der Waals surface area contributed by atoms with Gasteiger partial charge >= 0.3 is 59.1 Å². The Hall–Kier alpha value is 0.950. The molecule has 0 heterocycles. The number of phosphoric acid groups is 1. The number of hydrogen-bond donors (Lipinski definition) is 3. The zero-order valence-electron chi connectivity index (χ0n) is 22.0. The molecule has 3 fully saturated rings. The summed E-state index contributed by atoms with van der Waals surface area (Å²) in [6, 6.07) is 0. The number of carbonyl (C=O) groups excluding carboxylic acids is 2. The summed E-state index contributed by atoms with van der Waals surface area (Å²) >= 11 is 0. The molecule has 3 N–H and O–H groups in total. The third-order valence-electron chi connectivity index (χ3n) is 9.82. The number of aliphatic hydroxyl groups excluding tert-OH is 1. The van der Waals surface area contributed by atoms with Crippen LogP contribution < -0.4 is 64.0 Å². The van der Waals surface area contributed by atoms with Crippen LogP contribution in [0.25, 0.3) is 0 Å². The summed E-state index contributed by atoms with van der Waals surface area (Å²) in [5.41, 5.74) is -8.25. The van der Waals surface area contributed by atoms with Crippen LogP contribution in [0.3, 0.4) is 0 Å². The number of carbonyl (C=O) groups is 2. The summed E-state index contributed by atoms with van der Waals surface area (Å²) < 4.78 is 69.4. The van der Waals surface area contributed by atoms with E-state index in [0.29, 0.717) is 0 Å². The van der Waals surface area contributed by atoms with Gasteiger partial charge < -0.3 is 29.1 Å². The zero-order chi connectivity index (χ0) is 27.3. The number of ketones is 2. The molecule has 0 spiro atoms. The van der Waals surface area contributed by atoms with Crippen LogP contribution >= 0.6 is 7.82 Å². The molecular weight excluding hydrogens is 568 g/mol. The minimum atomic E-state index is -5.28. The monoisotopic (exact) mass is 598 g/mol. The number of halogens is 1. The van der Waals surface area contributed by atoms with Gasteiger partial charge in [-0.2, -0.15) is 0 Å². The molecule has 0 amide bonds. The van der Waals surface area contributed by atoms with Crippen LogP contribution in [0, 0.1) is 28.6 Å². The topological polar surface area (TPSA) is 201 Å². The Morgan fingerprint density at radius 1 is 1.29 bits per heavy atom. The van der Waals surface area contributed by atoms with Crippen LogP contribution in [0.15, 0.2) is 11.6 Å². The molecule has 16 heteroatoms. The Morgan fingerprint density at radius 2 is 1.87 bits per heavy atom. The molecule has 11 nitrogen and oxygen atoms in total. The Kier molecular flexibility index (Phi) is 10.1. The van der Waals surface area contributed by atoms with E-state index >= 15 is 4.39 Å². The number of phosphoric ester groups is 1. The van der Waals surface area contributed by atoms with Crippen LogP contribution in [0.4, 0.5) is 4.39 Å². The van der Waals surface area contributed by atoms with Crippen LogP contribution in [0.2, 0.25) is 0 Å². The molecule has 4 aliphatic carbocycles. The predicted octanol–water partition coefficient (Wildman–Crippen LogP) is -5.86. The molecule has 2 unspecified atom stereocenters. The first-order chi connectivity index (χ1) is 16.2. The molecule has 10 atom stereocenters. The number of allylic oxidation sites excluding steroid dienone is 1. The van der Waals surface area contributed by atoms with E-state index in [1.165, 1.54) is 20.8 Å².